The topological polar surface area (TPSA) is 24.9 Å². The maximum Gasteiger partial charge on any atom is 0.129 e. The maximum absolute atomic E-state index is 5.71. The molecule has 1 aromatic heterocycles. The molecule has 1 atom stereocenters. The summed E-state index contributed by atoms with van der Waals surface area (Å²) in [5.74, 6) is 0. The summed E-state index contributed by atoms with van der Waals surface area (Å²) >= 11 is 5.71. The lowest BCUT2D eigenvalue weighted by molar-refractivity contribution is 0.512. The molecule has 0 radical (unpaired) electrons. The van der Waals surface area contributed by atoms with Gasteiger partial charge >= 0.3 is 0 Å². The van der Waals surface area contributed by atoms with Crippen molar-refractivity contribution in [2.75, 3.05) is 6.54 Å². The average molecular weight is 227 g/mol. The Hall–Kier alpha value is -0.600. The van der Waals surface area contributed by atoms with Crippen LogP contribution in [-0.4, -0.2) is 17.6 Å². The fraction of sp³-hybridized carbons (Fsp3) is 0.583. The first-order valence-electron chi connectivity index (χ1n) is 5.56. The van der Waals surface area contributed by atoms with Crippen molar-refractivity contribution in [2.24, 2.45) is 0 Å². The number of halogens is 1. The summed E-state index contributed by atoms with van der Waals surface area (Å²) in [4.78, 5) is 4.05. The third-order valence-corrected chi connectivity index (χ3v) is 2.64. The molecule has 1 N–H and O–H groups in total. The Kier molecular flexibility index (Phi) is 5.66. The van der Waals surface area contributed by atoms with E-state index in [4.69, 9.17) is 11.6 Å². The summed E-state index contributed by atoms with van der Waals surface area (Å²) < 4.78 is 0. The van der Waals surface area contributed by atoms with E-state index in [2.05, 4.69) is 24.1 Å². The largest absolute Gasteiger partial charge is 0.314 e. The van der Waals surface area contributed by atoms with Gasteiger partial charge in [-0.2, -0.15) is 0 Å². The summed E-state index contributed by atoms with van der Waals surface area (Å²) in [5.41, 5.74) is 1.23. The number of nitrogens with zero attached hydrogens (tertiary/aromatic N) is 1. The van der Waals surface area contributed by atoms with Gasteiger partial charge in [0.1, 0.15) is 5.15 Å². The first-order chi connectivity index (χ1) is 7.22. The SMILES string of the molecule is CCCC(C)NCCc1ccc(Cl)nc1. The van der Waals surface area contributed by atoms with Gasteiger partial charge in [0.15, 0.2) is 0 Å². The molecule has 0 amide bonds. The zero-order valence-corrected chi connectivity index (χ0v) is 10.2. The summed E-state index contributed by atoms with van der Waals surface area (Å²) in [5, 5.41) is 4.05. The molecule has 0 saturated carbocycles. The fourth-order valence-corrected chi connectivity index (χ4v) is 1.66. The number of rotatable bonds is 6. The molecule has 3 heteroatoms. The second-order valence-corrected chi connectivity index (χ2v) is 4.27. The molecule has 15 heavy (non-hydrogen) atoms. The molecule has 2 nitrogen and oxygen atoms in total. The Labute approximate surface area is 97.1 Å². The van der Waals surface area contributed by atoms with Gasteiger partial charge in [0, 0.05) is 12.2 Å². The molecule has 0 aliphatic heterocycles. The van der Waals surface area contributed by atoms with Crippen molar-refractivity contribution >= 4 is 11.6 Å². The van der Waals surface area contributed by atoms with Gasteiger partial charge in [0.2, 0.25) is 0 Å². The second kappa shape index (κ2) is 6.81. The summed E-state index contributed by atoms with van der Waals surface area (Å²) in [7, 11) is 0. The van der Waals surface area contributed by atoms with Crippen molar-refractivity contribution in [1.29, 1.82) is 0 Å². The van der Waals surface area contributed by atoms with Gasteiger partial charge in [-0.25, -0.2) is 4.98 Å². The summed E-state index contributed by atoms with van der Waals surface area (Å²) in [6, 6.07) is 4.48. The van der Waals surface area contributed by atoms with Crippen LogP contribution in [0, 0.1) is 0 Å². The minimum Gasteiger partial charge on any atom is -0.314 e. The zero-order valence-electron chi connectivity index (χ0n) is 9.46. The third-order valence-electron chi connectivity index (χ3n) is 2.42. The van der Waals surface area contributed by atoms with Crippen LogP contribution < -0.4 is 5.32 Å². The highest BCUT2D eigenvalue weighted by atomic mass is 35.5. The van der Waals surface area contributed by atoms with Crippen LogP contribution in [0.3, 0.4) is 0 Å². The van der Waals surface area contributed by atoms with E-state index in [-0.39, 0.29) is 0 Å². The van der Waals surface area contributed by atoms with E-state index in [1.165, 1.54) is 18.4 Å². The van der Waals surface area contributed by atoms with Gasteiger partial charge < -0.3 is 5.32 Å². The molecule has 0 spiro atoms. The normalized spacial score (nSPS) is 12.7. The highest BCUT2D eigenvalue weighted by molar-refractivity contribution is 6.29. The van der Waals surface area contributed by atoms with E-state index >= 15 is 0 Å². The molecule has 0 fully saturated rings. The predicted octanol–water partition coefficient (Wildman–Crippen LogP) is 3.06. The highest BCUT2D eigenvalue weighted by Gasteiger charge is 1.99. The molecule has 0 aliphatic carbocycles. The average Bonchev–Trinajstić information content (AvgIpc) is 2.21. The van der Waals surface area contributed by atoms with E-state index in [1.807, 2.05) is 18.3 Å². The molecule has 1 unspecified atom stereocenters. The van der Waals surface area contributed by atoms with Crippen molar-refractivity contribution in [2.45, 2.75) is 39.2 Å². The van der Waals surface area contributed by atoms with E-state index in [0.717, 1.165) is 13.0 Å². The number of hydrogen-bond donors (Lipinski definition) is 1. The van der Waals surface area contributed by atoms with Gasteiger partial charge in [0.05, 0.1) is 0 Å². The molecule has 1 rings (SSSR count). The van der Waals surface area contributed by atoms with Crippen LogP contribution in [0.4, 0.5) is 0 Å². The monoisotopic (exact) mass is 226 g/mol. The lowest BCUT2D eigenvalue weighted by Crippen LogP contribution is -2.27. The van der Waals surface area contributed by atoms with E-state index < -0.39 is 0 Å². The molecule has 0 saturated heterocycles. The minimum absolute atomic E-state index is 0.561. The second-order valence-electron chi connectivity index (χ2n) is 3.88. The van der Waals surface area contributed by atoms with E-state index in [1.54, 1.807) is 0 Å². The standard InChI is InChI=1S/C12H19ClN2/c1-3-4-10(2)14-8-7-11-5-6-12(13)15-9-11/h5-6,9-10,14H,3-4,7-8H2,1-2H3. The smallest absolute Gasteiger partial charge is 0.129 e. The molecule has 84 valence electrons. The van der Waals surface area contributed by atoms with Crippen molar-refractivity contribution < 1.29 is 0 Å². The summed E-state index contributed by atoms with van der Waals surface area (Å²) in [6.07, 6.45) is 5.32. The third kappa shape index (κ3) is 5.14. The Bertz CT molecular complexity index is 271. The summed E-state index contributed by atoms with van der Waals surface area (Å²) in [6.45, 7) is 5.44. The number of hydrogen-bond acceptors (Lipinski definition) is 2. The lowest BCUT2D eigenvalue weighted by Gasteiger charge is -2.12. The predicted molar refractivity (Wildman–Crippen MR) is 65.3 cm³/mol. The molecular weight excluding hydrogens is 208 g/mol. The Balaban J connectivity index is 2.22. The van der Waals surface area contributed by atoms with Crippen molar-refractivity contribution in [3.05, 3.63) is 29.0 Å². The minimum atomic E-state index is 0.561. The zero-order chi connectivity index (χ0) is 11.1. The van der Waals surface area contributed by atoms with Gasteiger partial charge in [-0.1, -0.05) is 31.0 Å². The maximum atomic E-state index is 5.71. The molecule has 0 aromatic carbocycles. The van der Waals surface area contributed by atoms with Crippen LogP contribution in [0.5, 0.6) is 0 Å². The van der Waals surface area contributed by atoms with Crippen LogP contribution >= 0.6 is 11.6 Å². The Morgan fingerprint density at radius 1 is 1.47 bits per heavy atom. The van der Waals surface area contributed by atoms with E-state index in [0.29, 0.717) is 11.2 Å². The molecule has 1 heterocycles. The van der Waals surface area contributed by atoms with Gasteiger partial charge in [-0.05, 0) is 37.9 Å². The quantitative estimate of drug-likeness (QED) is 0.755. The van der Waals surface area contributed by atoms with Crippen LogP contribution in [-0.2, 0) is 6.42 Å². The Morgan fingerprint density at radius 2 is 2.27 bits per heavy atom. The Morgan fingerprint density at radius 3 is 2.87 bits per heavy atom. The van der Waals surface area contributed by atoms with Crippen LogP contribution in [0.15, 0.2) is 18.3 Å². The van der Waals surface area contributed by atoms with Crippen molar-refractivity contribution in [1.82, 2.24) is 10.3 Å². The van der Waals surface area contributed by atoms with Gasteiger partial charge in [-0.3, -0.25) is 0 Å². The van der Waals surface area contributed by atoms with Crippen LogP contribution in [0.1, 0.15) is 32.3 Å². The lowest BCUT2D eigenvalue weighted by atomic mass is 10.1. The van der Waals surface area contributed by atoms with Gasteiger partial charge in [0.25, 0.3) is 0 Å². The fourth-order valence-electron chi connectivity index (χ4n) is 1.55. The molecule has 1 aromatic rings. The highest BCUT2D eigenvalue weighted by Crippen LogP contribution is 2.05. The number of nitrogens with one attached hydrogen (secondary N) is 1. The first kappa shape index (κ1) is 12.5. The van der Waals surface area contributed by atoms with Gasteiger partial charge in [-0.15, -0.1) is 0 Å². The first-order valence-corrected chi connectivity index (χ1v) is 5.94. The molecule has 0 bridgehead atoms. The van der Waals surface area contributed by atoms with Crippen molar-refractivity contribution in [3.8, 4) is 0 Å². The van der Waals surface area contributed by atoms with Crippen LogP contribution in [0.2, 0.25) is 5.15 Å². The molecular formula is C12H19ClN2. The molecule has 0 aliphatic rings. The number of aromatic nitrogens is 1. The van der Waals surface area contributed by atoms with Crippen molar-refractivity contribution in [3.63, 3.8) is 0 Å². The number of pyridine rings is 1. The van der Waals surface area contributed by atoms with E-state index in [9.17, 15) is 0 Å². The van der Waals surface area contributed by atoms with Crippen LogP contribution in [0.25, 0.3) is 0 Å².